The van der Waals surface area contributed by atoms with Gasteiger partial charge in [-0.15, -0.1) is 0 Å². The van der Waals surface area contributed by atoms with Crippen molar-refractivity contribution in [1.82, 2.24) is 9.97 Å². The zero-order chi connectivity index (χ0) is 13.1. The predicted molar refractivity (Wildman–Crippen MR) is 65.3 cm³/mol. The summed E-state index contributed by atoms with van der Waals surface area (Å²) in [5.74, 6) is -0.492. The number of nitrogens with two attached hydrogens (primary N) is 1. The third-order valence-corrected chi connectivity index (χ3v) is 2.58. The first kappa shape index (κ1) is 12.3. The van der Waals surface area contributed by atoms with Gasteiger partial charge in [0, 0.05) is 6.04 Å². The topological polar surface area (TPSA) is 98.3 Å². The summed E-state index contributed by atoms with van der Waals surface area (Å²) in [5, 5.41) is 8.70. The number of aliphatic carboxylic acids is 1. The van der Waals surface area contributed by atoms with Gasteiger partial charge in [-0.2, -0.15) is 0 Å². The first-order valence-electron chi connectivity index (χ1n) is 5.38. The second-order valence-electron chi connectivity index (χ2n) is 3.86. The summed E-state index contributed by atoms with van der Waals surface area (Å²) in [4.78, 5) is 19.0. The van der Waals surface area contributed by atoms with Gasteiger partial charge in [0.1, 0.15) is 0 Å². The van der Waals surface area contributed by atoms with E-state index in [1.54, 1.807) is 18.2 Å². The van der Waals surface area contributed by atoms with Crippen molar-refractivity contribution < 1.29 is 14.6 Å². The molecule has 1 heterocycles. The summed E-state index contributed by atoms with van der Waals surface area (Å²) in [6.45, 7) is 0. The van der Waals surface area contributed by atoms with E-state index in [9.17, 15) is 4.79 Å². The maximum Gasteiger partial charge on any atom is 0.305 e. The van der Waals surface area contributed by atoms with Gasteiger partial charge in [0.2, 0.25) is 5.88 Å². The molecule has 0 bridgehead atoms. The first-order chi connectivity index (χ1) is 8.60. The third kappa shape index (κ3) is 2.54. The number of methoxy groups -OCH3 is 1. The highest BCUT2D eigenvalue weighted by atomic mass is 16.5. The smallest absolute Gasteiger partial charge is 0.305 e. The van der Waals surface area contributed by atoms with Crippen LogP contribution in [0.3, 0.4) is 0 Å². The average Bonchev–Trinajstić information content (AvgIpc) is 2.36. The van der Waals surface area contributed by atoms with Gasteiger partial charge in [0.05, 0.1) is 30.8 Å². The van der Waals surface area contributed by atoms with Gasteiger partial charge in [-0.3, -0.25) is 4.79 Å². The highest BCUT2D eigenvalue weighted by Crippen LogP contribution is 2.20. The van der Waals surface area contributed by atoms with Crippen molar-refractivity contribution in [3.63, 3.8) is 0 Å². The lowest BCUT2D eigenvalue weighted by Gasteiger charge is -2.10. The second-order valence-corrected chi connectivity index (χ2v) is 3.86. The van der Waals surface area contributed by atoms with Gasteiger partial charge in [-0.05, 0) is 17.7 Å². The number of aromatic nitrogens is 2. The van der Waals surface area contributed by atoms with Gasteiger partial charge >= 0.3 is 5.97 Å². The van der Waals surface area contributed by atoms with E-state index in [4.69, 9.17) is 15.6 Å². The summed E-state index contributed by atoms with van der Waals surface area (Å²) in [5.41, 5.74) is 7.86. The van der Waals surface area contributed by atoms with Crippen molar-refractivity contribution in [1.29, 1.82) is 0 Å². The maximum atomic E-state index is 10.6. The number of benzene rings is 1. The van der Waals surface area contributed by atoms with E-state index in [0.29, 0.717) is 16.9 Å². The van der Waals surface area contributed by atoms with Crippen LogP contribution in [0.2, 0.25) is 0 Å². The Morgan fingerprint density at radius 2 is 2.28 bits per heavy atom. The Labute approximate surface area is 103 Å². The highest BCUT2D eigenvalue weighted by molar-refractivity contribution is 5.76. The number of hydrogen-bond acceptors (Lipinski definition) is 5. The Hall–Kier alpha value is -2.21. The van der Waals surface area contributed by atoms with Crippen LogP contribution in [0, 0.1) is 0 Å². The van der Waals surface area contributed by atoms with Crippen LogP contribution < -0.4 is 10.5 Å². The number of hydrogen-bond donors (Lipinski definition) is 2. The van der Waals surface area contributed by atoms with Crippen LogP contribution in [0.5, 0.6) is 5.88 Å². The molecule has 1 atom stereocenters. The van der Waals surface area contributed by atoms with E-state index in [-0.39, 0.29) is 6.42 Å². The van der Waals surface area contributed by atoms with Crippen molar-refractivity contribution >= 4 is 17.0 Å². The fourth-order valence-corrected chi connectivity index (χ4v) is 1.65. The molecular formula is C12H13N3O3. The predicted octanol–water partition coefficient (Wildman–Crippen LogP) is 1.11. The highest BCUT2D eigenvalue weighted by Gasteiger charge is 2.11. The minimum absolute atomic E-state index is 0.116. The van der Waals surface area contributed by atoms with Gasteiger partial charge < -0.3 is 15.6 Å². The van der Waals surface area contributed by atoms with Gasteiger partial charge in [-0.25, -0.2) is 9.97 Å². The van der Waals surface area contributed by atoms with Crippen LogP contribution in [-0.2, 0) is 4.79 Å². The van der Waals surface area contributed by atoms with Crippen molar-refractivity contribution in [3.05, 3.63) is 30.0 Å². The maximum absolute atomic E-state index is 10.6. The Balaban J connectivity index is 2.35. The molecule has 1 aromatic heterocycles. The Bertz CT molecular complexity index is 586. The van der Waals surface area contributed by atoms with Gasteiger partial charge in [0.15, 0.2) is 0 Å². The van der Waals surface area contributed by atoms with Crippen LogP contribution in [0.4, 0.5) is 0 Å². The molecule has 1 unspecified atom stereocenters. The van der Waals surface area contributed by atoms with Crippen molar-refractivity contribution in [3.8, 4) is 5.88 Å². The first-order valence-corrected chi connectivity index (χ1v) is 5.38. The SMILES string of the molecule is COc1cnc2cc(C(N)CC(=O)O)ccc2n1. The van der Waals surface area contributed by atoms with Crippen LogP contribution in [-0.4, -0.2) is 28.2 Å². The molecule has 0 aliphatic carbocycles. The number of carbonyl (C=O) groups is 1. The number of carboxylic acids is 1. The molecule has 2 aromatic rings. The molecule has 3 N–H and O–H groups in total. The molecule has 6 heteroatoms. The summed E-state index contributed by atoms with van der Waals surface area (Å²) >= 11 is 0. The number of nitrogens with zero attached hydrogens (tertiary/aromatic N) is 2. The Morgan fingerprint density at radius 1 is 1.50 bits per heavy atom. The van der Waals surface area contributed by atoms with E-state index in [1.165, 1.54) is 13.3 Å². The molecule has 0 radical (unpaired) electrons. The molecule has 0 aliphatic heterocycles. The van der Waals surface area contributed by atoms with Crippen LogP contribution in [0.15, 0.2) is 24.4 Å². The summed E-state index contributed by atoms with van der Waals surface area (Å²) in [7, 11) is 1.52. The summed E-state index contributed by atoms with van der Waals surface area (Å²) < 4.78 is 4.98. The minimum Gasteiger partial charge on any atom is -0.481 e. The molecule has 0 fully saturated rings. The standard InChI is InChI=1S/C12H13N3O3/c1-18-11-6-14-10-4-7(2-3-9(10)15-11)8(13)5-12(16)17/h2-4,6,8H,5,13H2,1H3,(H,16,17). The number of carboxylic acid groups (broad SMARTS) is 1. The van der Waals surface area contributed by atoms with E-state index in [0.717, 1.165) is 5.56 Å². The molecule has 94 valence electrons. The van der Waals surface area contributed by atoms with Crippen molar-refractivity contribution in [2.75, 3.05) is 7.11 Å². The molecule has 1 aromatic carbocycles. The molecule has 0 amide bonds. The van der Waals surface area contributed by atoms with Crippen molar-refractivity contribution in [2.24, 2.45) is 5.73 Å². The number of rotatable bonds is 4. The zero-order valence-corrected chi connectivity index (χ0v) is 9.83. The monoisotopic (exact) mass is 247 g/mol. The normalized spacial score (nSPS) is 12.3. The molecule has 0 spiro atoms. The summed E-state index contributed by atoms with van der Waals surface area (Å²) in [6, 6.07) is 4.71. The van der Waals surface area contributed by atoms with E-state index in [1.807, 2.05) is 0 Å². The lowest BCUT2D eigenvalue weighted by atomic mass is 10.0. The van der Waals surface area contributed by atoms with Crippen LogP contribution in [0.1, 0.15) is 18.0 Å². The Morgan fingerprint density at radius 3 is 2.94 bits per heavy atom. The molecular weight excluding hydrogens is 234 g/mol. The number of fused-ring (bicyclic) bond motifs is 1. The fraction of sp³-hybridized carbons (Fsp3) is 0.250. The Kier molecular flexibility index (Phi) is 3.38. The van der Waals surface area contributed by atoms with E-state index < -0.39 is 12.0 Å². The molecule has 18 heavy (non-hydrogen) atoms. The van der Waals surface area contributed by atoms with Crippen molar-refractivity contribution in [2.45, 2.75) is 12.5 Å². The molecule has 0 saturated heterocycles. The third-order valence-electron chi connectivity index (χ3n) is 2.58. The molecule has 0 aliphatic rings. The minimum atomic E-state index is -0.927. The largest absolute Gasteiger partial charge is 0.481 e. The quantitative estimate of drug-likeness (QED) is 0.839. The van der Waals surface area contributed by atoms with E-state index in [2.05, 4.69) is 9.97 Å². The fourth-order valence-electron chi connectivity index (χ4n) is 1.65. The van der Waals surface area contributed by atoms with Gasteiger partial charge in [-0.1, -0.05) is 6.07 Å². The average molecular weight is 247 g/mol. The molecule has 6 nitrogen and oxygen atoms in total. The zero-order valence-electron chi connectivity index (χ0n) is 9.83. The van der Waals surface area contributed by atoms with Crippen LogP contribution in [0.25, 0.3) is 11.0 Å². The molecule has 0 saturated carbocycles. The lowest BCUT2D eigenvalue weighted by Crippen LogP contribution is -2.14. The van der Waals surface area contributed by atoms with Gasteiger partial charge in [0.25, 0.3) is 0 Å². The second kappa shape index (κ2) is 4.97. The number of ether oxygens (including phenoxy) is 1. The van der Waals surface area contributed by atoms with Crippen LogP contribution >= 0.6 is 0 Å². The van der Waals surface area contributed by atoms with E-state index >= 15 is 0 Å². The molecule has 2 rings (SSSR count). The lowest BCUT2D eigenvalue weighted by molar-refractivity contribution is -0.137. The summed E-state index contributed by atoms with van der Waals surface area (Å²) in [6.07, 6.45) is 1.39.